The molecule has 2 amide bonds. The quantitative estimate of drug-likeness (QED) is 0.454. The molecule has 0 aliphatic carbocycles. The van der Waals surface area contributed by atoms with E-state index >= 15 is 0 Å². The number of sulfonamides is 1. The Labute approximate surface area is 193 Å². The third-order valence-corrected chi connectivity index (χ3v) is 5.98. The van der Waals surface area contributed by atoms with Crippen LogP contribution in [0.3, 0.4) is 0 Å². The number of hydrogen-bond donors (Lipinski definition) is 3. The highest BCUT2D eigenvalue weighted by molar-refractivity contribution is 7.92. The van der Waals surface area contributed by atoms with E-state index in [-0.39, 0.29) is 16.4 Å². The number of benzene rings is 3. The summed E-state index contributed by atoms with van der Waals surface area (Å²) in [5.41, 5.74) is 2.49. The number of amides is 2. The molecule has 0 aliphatic heterocycles. The van der Waals surface area contributed by atoms with E-state index < -0.39 is 15.9 Å². The van der Waals surface area contributed by atoms with E-state index in [9.17, 15) is 18.0 Å². The number of carbonyl (C=O) groups is 2. The van der Waals surface area contributed by atoms with Crippen LogP contribution in [0.4, 0.5) is 17.1 Å². The molecule has 0 saturated carbocycles. The van der Waals surface area contributed by atoms with Crippen molar-refractivity contribution in [2.75, 3.05) is 22.0 Å². The maximum absolute atomic E-state index is 12.7. The maximum Gasteiger partial charge on any atom is 0.261 e. The highest BCUT2D eigenvalue weighted by atomic mass is 32.2. The molecular formula is C24H25N3O5S. The Bertz CT molecular complexity index is 1250. The summed E-state index contributed by atoms with van der Waals surface area (Å²) >= 11 is 0. The molecule has 0 aliphatic rings. The molecule has 0 unspecified atom stereocenters. The van der Waals surface area contributed by atoms with Crippen LogP contribution in [-0.2, 0) is 14.8 Å². The summed E-state index contributed by atoms with van der Waals surface area (Å²) in [5, 5.41) is 5.43. The molecule has 9 heteroatoms. The van der Waals surface area contributed by atoms with Crippen molar-refractivity contribution in [1.82, 2.24) is 0 Å². The Morgan fingerprint density at radius 3 is 2.15 bits per heavy atom. The molecule has 0 radical (unpaired) electrons. The van der Waals surface area contributed by atoms with Crippen LogP contribution in [0.1, 0.15) is 29.8 Å². The molecule has 0 fully saturated rings. The van der Waals surface area contributed by atoms with Crippen LogP contribution < -0.4 is 20.1 Å². The Morgan fingerprint density at radius 1 is 0.879 bits per heavy atom. The predicted octanol–water partition coefficient (Wildman–Crippen LogP) is 4.41. The van der Waals surface area contributed by atoms with Gasteiger partial charge in [0, 0.05) is 18.2 Å². The zero-order chi connectivity index (χ0) is 24.0. The average molecular weight is 468 g/mol. The molecule has 0 bridgehead atoms. The number of anilines is 3. The van der Waals surface area contributed by atoms with Crippen LogP contribution in [0, 0.1) is 6.92 Å². The van der Waals surface area contributed by atoms with Gasteiger partial charge in [0.25, 0.3) is 15.9 Å². The standard InChI is InChI=1S/C24H25N3O5S/c1-4-32-20-10-8-19(9-11-20)27-33(30,31)21-12-6-18(7-13-21)24(29)26-23-15-16(2)5-14-22(23)25-17(3)28/h5-15,27H,4H2,1-3H3,(H,25,28)(H,26,29). The lowest BCUT2D eigenvalue weighted by Gasteiger charge is -2.13. The Balaban J connectivity index is 1.73. The van der Waals surface area contributed by atoms with Crippen LogP contribution in [-0.4, -0.2) is 26.8 Å². The van der Waals surface area contributed by atoms with E-state index in [1.807, 2.05) is 19.9 Å². The lowest BCUT2D eigenvalue weighted by molar-refractivity contribution is -0.114. The Morgan fingerprint density at radius 2 is 1.55 bits per heavy atom. The van der Waals surface area contributed by atoms with Crippen LogP contribution in [0.2, 0.25) is 0 Å². The normalized spacial score (nSPS) is 10.9. The lowest BCUT2D eigenvalue weighted by atomic mass is 10.1. The fourth-order valence-corrected chi connectivity index (χ4v) is 4.10. The van der Waals surface area contributed by atoms with Gasteiger partial charge in [0.15, 0.2) is 0 Å². The second-order valence-electron chi connectivity index (χ2n) is 7.27. The highest BCUT2D eigenvalue weighted by Gasteiger charge is 2.16. The van der Waals surface area contributed by atoms with E-state index in [1.165, 1.54) is 31.2 Å². The van der Waals surface area contributed by atoms with Crippen molar-refractivity contribution in [3.8, 4) is 5.75 Å². The van der Waals surface area contributed by atoms with Gasteiger partial charge in [-0.25, -0.2) is 8.42 Å². The first kappa shape index (κ1) is 23.8. The topological polar surface area (TPSA) is 114 Å². The van der Waals surface area contributed by atoms with E-state index in [2.05, 4.69) is 15.4 Å². The van der Waals surface area contributed by atoms with Crippen molar-refractivity contribution in [2.45, 2.75) is 25.7 Å². The zero-order valence-electron chi connectivity index (χ0n) is 18.5. The second-order valence-corrected chi connectivity index (χ2v) is 8.95. The van der Waals surface area contributed by atoms with E-state index in [1.54, 1.807) is 36.4 Å². The van der Waals surface area contributed by atoms with Crippen molar-refractivity contribution in [3.05, 3.63) is 77.9 Å². The fraction of sp³-hybridized carbons (Fsp3) is 0.167. The number of nitrogens with one attached hydrogen (secondary N) is 3. The summed E-state index contributed by atoms with van der Waals surface area (Å²) in [5.74, 6) is -0.0503. The molecule has 3 aromatic carbocycles. The van der Waals surface area contributed by atoms with Crippen LogP contribution >= 0.6 is 0 Å². The van der Waals surface area contributed by atoms with E-state index in [0.29, 0.717) is 29.4 Å². The minimum atomic E-state index is -3.84. The summed E-state index contributed by atoms with van der Waals surface area (Å²) in [6.07, 6.45) is 0. The molecule has 0 spiro atoms. The van der Waals surface area contributed by atoms with Gasteiger partial charge in [-0.05, 0) is 80.1 Å². The first-order valence-electron chi connectivity index (χ1n) is 10.2. The number of aryl methyl sites for hydroxylation is 1. The molecule has 0 atom stereocenters. The number of rotatable bonds is 8. The largest absolute Gasteiger partial charge is 0.494 e. The summed E-state index contributed by atoms with van der Waals surface area (Å²) < 4.78 is 33.2. The minimum Gasteiger partial charge on any atom is -0.494 e. The maximum atomic E-state index is 12.7. The monoisotopic (exact) mass is 467 g/mol. The van der Waals surface area contributed by atoms with Gasteiger partial charge in [0.05, 0.1) is 22.9 Å². The van der Waals surface area contributed by atoms with Gasteiger partial charge >= 0.3 is 0 Å². The molecular weight excluding hydrogens is 442 g/mol. The van der Waals surface area contributed by atoms with Crippen molar-refractivity contribution in [1.29, 1.82) is 0 Å². The first-order chi connectivity index (χ1) is 15.7. The van der Waals surface area contributed by atoms with Crippen LogP contribution in [0.5, 0.6) is 5.75 Å². The third kappa shape index (κ3) is 6.33. The molecule has 3 aromatic rings. The first-order valence-corrected chi connectivity index (χ1v) is 11.7. The van der Waals surface area contributed by atoms with Gasteiger partial charge in [-0.1, -0.05) is 6.07 Å². The predicted molar refractivity (Wildman–Crippen MR) is 128 cm³/mol. The van der Waals surface area contributed by atoms with Crippen molar-refractivity contribution < 1.29 is 22.7 Å². The third-order valence-electron chi connectivity index (χ3n) is 4.58. The molecule has 3 N–H and O–H groups in total. The van der Waals surface area contributed by atoms with Crippen LogP contribution in [0.15, 0.2) is 71.6 Å². The molecule has 0 heterocycles. The SMILES string of the molecule is CCOc1ccc(NS(=O)(=O)c2ccc(C(=O)Nc3cc(C)ccc3NC(C)=O)cc2)cc1. The minimum absolute atomic E-state index is 0.0161. The van der Waals surface area contributed by atoms with Crippen molar-refractivity contribution >= 4 is 38.9 Å². The van der Waals surface area contributed by atoms with Gasteiger partial charge in [0.1, 0.15) is 5.75 Å². The van der Waals surface area contributed by atoms with Crippen molar-refractivity contribution in [3.63, 3.8) is 0 Å². The summed E-state index contributed by atoms with van der Waals surface area (Å²) in [7, 11) is -3.84. The fourth-order valence-electron chi connectivity index (χ4n) is 3.04. The van der Waals surface area contributed by atoms with Crippen molar-refractivity contribution in [2.24, 2.45) is 0 Å². The summed E-state index contributed by atoms with van der Waals surface area (Å²) in [6.45, 7) is 5.63. The van der Waals surface area contributed by atoms with Gasteiger partial charge in [-0.2, -0.15) is 0 Å². The molecule has 172 valence electrons. The smallest absolute Gasteiger partial charge is 0.261 e. The average Bonchev–Trinajstić information content (AvgIpc) is 2.77. The lowest BCUT2D eigenvalue weighted by Crippen LogP contribution is -2.16. The van der Waals surface area contributed by atoms with Gasteiger partial charge in [-0.3, -0.25) is 14.3 Å². The molecule has 0 aromatic heterocycles. The van der Waals surface area contributed by atoms with E-state index in [0.717, 1.165) is 5.56 Å². The Hall–Kier alpha value is -3.85. The second kappa shape index (κ2) is 10.2. The molecule has 33 heavy (non-hydrogen) atoms. The van der Waals surface area contributed by atoms with Gasteiger partial charge < -0.3 is 15.4 Å². The summed E-state index contributed by atoms with van der Waals surface area (Å²) in [4.78, 5) is 24.1. The zero-order valence-corrected chi connectivity index (χ0v) is 19.3. The molecule has 3 rings (SSSR count). The number of hydrogen-bond acceptors (Lipinski definition) is 5. The Kier molecular flexibility index (Phi) is 7.34. The number of ether oxygens (including phenoxy) is 1. The van der Waals surface area contributed by atoms with E-state index in [4.69, 9.17) is 4.74 Å². The molecule has 0 saturated heterocycles. The molecule has 8 nitrogen and oxygen atoms in total. The van der Waals surface area contributed by atoms with Gasteiger partial charge in [-0.15, -0.1) is 0 Å². The summed E-state index contributed by atoms with van der Waals surface area (Å²) in [6, 6.07) is 17.4. The highest BCUT2D eigenvalue weighted by Crippen LogP contribution is 2.24. The van der Waals surface area contributed by atoms with Gasteiger partial charge in [0.2, 0.25) is 5.91 Å². The number of carbonyl (C=O) groups excluding carboxylic acids is 2. The van der Waals surface area contributed by atoms with Crippen LogP contribution in [0.25, 0.3) is 0 Å².